The van der Waals surface area contributed by atoms with E-state index in [0.29, 0.717) is 5.92 Å². The molecule has 0 bridgehead atoms. The van der Waals surface area contributed by atoms with E-state index in [1.54, 1.807) is 23.2 Å². The van der Waals surface area contributed by atoms with Crippen molar-refractivity contribution in [1.29, 1.82) is 0 Å². The van der Waals surface area contributed by atoms with Crippen LogP contribution in [0, 0.1) is 5.92 Å². The van der Waals surface area contributed by atoms with E-state index in [1.165, 1.54) is 16.7 Å². The van der Waals surface area contributed by atoms with Gasteiger partial charge in [0.05, 0.1) is 0 Å². The van der Waals surface area contributed by atoms with Crippen molar-refractivity contribution in [3.63, 3.8) is 0 Å². The van der Waals surface area contributed by atoms with Gasteiger partial charge >= 0.3 is 175 Å². The van der Waals surface area contributed by atoms with E-state index in [9.17, 15) is 0 Å². The second-order valence-electron chi connectivity index (χ2n) is 7.39. The molecule has 0 nitrogen and oxygen atoms in total. The third-order valence-electron chi connectivity index (χ3n) is 5.84. The van der Waals surface area contributed by atoms with E-state index in [-0.39, 0.29) is 24.8 Å². The maximum absolute atomic E-state index is 2.35. The molecule has 0 heterocycles. The van der Waals surface area contributed by atoms with E-state index in [2.05, 4.69) is 99.7 Å². The Labute approximate surface area is 198 Å². The molecule has 0 saturated carbocycles. The molecule has 29 heavy (non-hydrogen) atoms. The molecule has 0 radical (unpaired) electrons. The monoisotopic (exact) mass is 497 g/mol. The molecular formula is C26H25Cl2Zr. The molecule has 1 unspecified atom stereocenters. The van der Waals surface area contributed by atoms with Crippen LogP contribution in [0.1, 0.15) is 38.3 Å². The Morgan fingerprint density at radius 2 is 1.34 bits per heavy atom. The fourth-order valence-electron chi connectivity index (χ4n) is 4.11. The number of hydrogen-bond donors (Lipinski definition) is 0. The quantitative estimate of drug-likeness (QED) is 0.574. The van der Waals surface area contributed by atoms with Gasteiger partial charge in [-0.1, -0.05) is 0 Å². The van der Waals surface area contributed by atoms with Crippen molar-refractivity contribution < 1.29 is 47.6 Å². The van der Waals surface area contributed by atoms with Crippen LogP contribution in [0.25, 0.3) is 0 Å². The largest absolute Gasteiger partial charge is 1.00 e. The SMILES string of the molecule is CC1=C(C)C(C2=CC=CC2)[C]([Zr+2]=[C](c2ccccc2)c2ccccc2)=C1C.[Cl-].[Cl-]. The zero-order valence-corrected chi connectivity index (χ0v) is 21.0. The van der Waals surface area contributed by atoms with Crippen LogP contribution in [0.2, 0.25) is 0 Å². The van der Waals surface area contributed by atoms with Crippen molar-refractivity contribution in [1.82, 2.24) is 0 Å². The Balaban J connectivity index is 0.00000150. The third kappa shape index (κ3) is 4.91. The Kier molecular flexibility index (Phi) is 8.83. The topological polar surface area (TPSA) is 0 Å². The number of rotatable bonds is 4. The van der Waals surface area contributed by atoms with E-state index in [0.717, 1.165) is 6.42 Å². The van der Waals surface area contributed by atoms with E-state index >= 15 is 0 Å². The first-order valence-corrected chi connectivity index (χ1v) is 12.1. The van der Waals surface area contributed by atoms with Crippen molar-refractivity contribution in [2.75, 3.05) is 0 Å². The molecule has 0 spiro atoms. The summed E-state index contributed by atoms with van der Waals surface area (Å²) in [4.78, 5) is 0. The second-order valence-corrected chi connectivity index (χ2v) is 10.6. The van der Waals surface area contributed by atoms with Gasteiger partial charge in [0.2, 0.25) is 0 Å². The number of halogens is 2. The number of hydrogen-bond acceptors (Lipinski definition) is 0. The Morgan fingerprint density at radius 3 is 1.83 bits per heavy atom. The summed E-state index contributed by atoms with van der Waals surface area (Å²) in [6, 6.07) is 22.0. The minimum Gasteiger partial charge on any atom is -1.00 e. The zero-order chi connectivity index (χ0) is 18.8. The van der Waals surface area contributed by atoms with Crippen LogP contribution in [-0.4, -0.2) is 3.21 Å². The molecule has 0 aliphatic heterocycles. The Bertz CT molecular complexity index is 968. The first-order chi connectivity index (χ1) is 13.2. The van der Waals surface area contributed by atoms with Crippen molar-refractivity contribution >= 4 is 3.21 Å². The van der Waals surface area contributed by atoms with Gasteiger partial charge in [-0.2, -0.15) is 0 Å². The van der Waals surface area contributed by atoms with Crippen molar-refractivity contribution in [3.05, 3.63) is 116 Å². The molecule has 0 aromatic heterocycles. The van der Waals surface area contributed by atoms with Crippen molar-refractivity contribution in [2.24, 2.45) is 5.92 Å². The normalized spacial score (nSPS) is 17.5. The summed E-state index contributed by atoms with van der Waals surface area (Å²) < 4.78 is 3.33. The van der Waals surface area contributed by atoms with Crippen LogP contribution in [0.3, 0.4) is 0 Å². The Morgan fingerprint density at radius 1 is 0.793 bits per heavy atom. The summed E-state index contributed by atoms with van der Waals surface area (Å²) in [6.45, 7) is 7.02. The first-order valence-electron chi connectivity index (χ1n) is 9.65. The van der Waals surface area contributed by atoms with Crippen LogP contribution in [0.4, 0.5) is 0 Å². The van der Waals surface area contributed by atoms with E-state index in [4.69, 9.17) is 0 Å². The zero-order valence-electron chi connectivity index (χ0n) is 17.0. The molecule has 4 rings (SSSR count). The predicted molar refractivity (Wildman–Crippen MR) is 112 cm³/mol. The van der Waals surface area contributed by atoms with Gasteiger partial charge in [0.15, 0.2) is 0 Å². The minimum absolute atomic E-state index is 0. The van der Waals surface area contributed by atoms with E-state index in [1.807, 2.05) is 0 Å². The summed E-state index contributed by atoms with van der Waals surface area (Å²) in [5.74, 6) is 0.536. The van der Waals surface area contributed by atoms with Crippen LogP contribution in [0.5, 0.6) is 0 Å². The predicted octanol–water partition coefficient (Wildman–Crippen LogP) is 0.472. The third-order valence-corrected chi connectivity index (χ3v) is 10.2. The minimum atomic E-state index is -0.959. The van der Waals surface area contributed by atoms with Gasteiger partial charge < -0.3 is 24.8 Å². The molecule has 3 heteroatoms. The van der Waals surface area contributed by atoms with Crippen LogP contribution < -0.4 is 24.8 Å². The molecule has 0 amide bonds. The van der Waals surface area contributed by atoms with Gasteiger partial charge in [0, 0.05) is 0 Å². The molecule has 0 N–H and O–H groups in total. The van der Waals surface area contributed by atoms with Gasteiger partial charge in [0.25, 0.3) is 0 Å². The van der Waals surface area contributed by atoms with Gasteiger partial charge in [-0.25, -0.2) is 0 Å². The molecule has 0 fully saturated rings. The number of allylic oxidation sites excluding steroid dienone is 8. The summed E-state index contributed by atoms with van der Waals surface area (Å²) in [5.41, 5.74) is 9.02. The van der Waals surface area contributed by atoms with Gasteiger partial charge in [-0.05, 0) is 0 Å². The standard InChI is InChI=1S/C13H15.C13H10.2ClH.Zr/c1-9-8-13(11(3)10(9)2)12-6-4-5-7-12;1-3-7-12(8-4-1)11-13-9-5-2-6-10-13;;;/h4-6,13H,7H2,1-3H3;1-10H;2*1H;/q;;;;+2/p-2. The van der Waals surface area contributed by atoms with Gasteiger partial charge in [-0.15, -0.1) is 0 Å². The van der Waals surface area contributed by atoms with Crippen LogP contribution in [-0.2, 0) is 22.8 Å². The van der Waals surface area contributed by atoms with Crippen molar-refractivity contribution in [3.8, 4) is 0 Å². The first kappa shape index (κ1) is 24.0. The molecule has 2 aliphatic carbocycles. The smallest absolute Gasteiger partial charge is 1.00 e. The molecule has 2 aromatic carbocycles. The second kappa shape index (κ2) is 10.7. The van der Waals surface area contributed by atoms with Crippen LogP contribution in [0.15, 0.2) is 104 Å². The molecule has 0 saturated heterocycles. The fourth-order valence-corrected chi connectivity index (χ4v) is 8.57. The summed E-state index contributed by atoms with van der Waals surface area (Å²) in [7, 11) is 0. The Hall–Kier alpha value is -1.27. The number of benzene rings is 2. The maximum Gasteiger partial charge on any atom is -1.00 e. The molecule has 2 aromatic rings. The van der Waals surface area contributed by atoms with Gasteiger partial charge in [-0.3, -0.25) is 0 Å². The fraction of sp³-hybridized carbons (Fsp3) is 0.192. The summed E-state index contributed by atoms with van der Waals surface area (Å²) in [6.07, 6.45) is 7.99. The average Bonchev–Trinajstić information content (AvgIpc) is 3.31. The average molecular weight is 500 g/mol. The van der Waals surface area contributed by atoms with Gasteiger partial charge in [0.1, 0.15) is 0 Å². The summed E-state index contributed by atoms with van der Waals surface area (Å²) >= 11 is -0.959. The maximum atomic E-state index is 2.35. The summed E-state index contributed by atoms with van der Waals surface area (Å²) in [5, 5.41) is 0. The molecular weight excluding hydrogens is 474 g/mol. The molecule has 2 aliphatic rings. The molecule has 147 valence electrons. The van der Waals surface area contributed by atoms with Crippen LogP contribution >= 0.6 is 0 Å². The van der Waals surface area contributed by atoms with E-state index < -0.39 is 22.8 Å². The van der Waals surface area contributed by atoms with Crippen molar-refractivity contribution in [2.45, 2.75) is 27.2 Å². The molecule has 1 atom stereocenters.